The molecule has 6 heteroatoms. The molecule has 1 aromatic heterocycles. The standard InChI is InChI=1S/C19H22N2O3S/c1-13-7-4-5-8-15(13)19-21(17(22)14(2)25-19)11-10-20(3)18(23)16-9-6-12-24-16/h4-9,12,14,19H,10-11H2,1-3H3/t14-,19-/m0/s1. The summed E-state index contributed by atoms with van der Waals surface area (Å²) in [5.74, 6) is 0.260. The average Bonchev–Trinajstić information content (AvgIpc) is 3.22. The normalized spacial score (nSPS) is 20.1. The van der Waals surface area contributed by atoms with Gasteiger partial charge in [0.05, 0.1) is 11.5 Å². The second-order valence-corrected chi connectivity index (χ2v) is 7.65. The number of carbonyl (C=O) groups is 2. The number of carbonyl (C=O) groups excluding carboxylic acids is 2. The molecule has 1 fully saturated rings. The first-order valence-corrected chi connectivity index (χ1v) is 9.23. The van der Waals surface area contributed by atoms with Crippen molar-refractivity contribution in [3.63, 3.8) is 0 Å². The van der Waals surface area contributed by atoms with Crippen LogP contribution in [0.5, 0.6) is 0 Å². The van der Waals surface area contributed by atoms with Crippen molar-refractivity contribution >= 4 is 23.6 Å². The first-order valence-electron chi connectivity index (χ1n) is 8.29. The molecule has 0 unspecified atom stereocenters. The Morgan fingerprint density at radius 2 is 2.04 bits per heavy atom. The maximum atomic E-state index is 12.6. The summed E-state index contributed by atoms with van der Waals surface area (Å²) in [5, 5.41) is -0.0773. The van der Waals surface area contributed by atoms with E-state index < -0.39 is 0 Å². The zero-order valence-corrected chi connectivity index (χ0v) is 15.5. The van der Waals surface area contributed by atoms with Gasteiger partial charge in [-0.25, -0.2) is 0 Å². The molecular weight excluding hydrogens is 336 g/mol. The number of amides is 2. The van der Waals surface area contributed by atoms with Gasteiger partial charge in [0.1, 0.15) is 5.37 Å². The number of likely N-dealkylation sites (N-methyl/N-ethyl adjacent to an activating group) is 1. The predicted molar refractivity (Wildman–Crippen MR) is 98.4 cm³/mol. The first-order chi connectivity index (χ1) is 12.0. The Hall–Kier alpha value is -2.21. The Morgan fingerprint density at radius 1 is 1.28 bits per heavy atom. The second-order valence-electron chi connectivity index (χ2n) is 6.22. The van der Waals surface area contributed by atoms with Gasteiger partial charge < -0.3 is 14.2 Å². The molecule has 0 N–H and O–H groups in total. The van der Waals surface area contributed by atoms with Crippen LogP contribution in [0.25, 0.3) is 0 Å². The van der Waals surface area contributed by atoms with Gasteiger partial charge in [-0.15, -0.1) is 11.8 Å². The number of hydrogen-bond acceptors (Lipinski definition) is 4. The summed E-state index contributed by atoms with van der Waals surface area (Å²) >= 11 is 1.66. The molecule has 25 heavy (non-hydrogen) atoms. The van der Waals surface area contributed by atoms with E-state index >= 15 is 0 Å². The van der Waals surface area contributed by atoms with Gasteiger partial charge in [-0.05, 0) is 37.1 Å². The molecule has 0 spiro atoms. The Morgan fingerprint density at radius 3 is 2.72 bits per heavy atom. The summed E-state index contributed by atoms with van der Waals surface area (Å²) in [5.41, 5.74) is 2.33. The summed E-state index contributed by atoms with van der Waals surface area (Å²) in [7, 11) is 1.73. The highest BCUT2D eigenvalue weighted by atomic mass is 32.2. The first kappa shape index (κ1) is 17.6. The summed E-state index contributed by atoms with van der Waals surface area (Å²) < 4.78 is 5.16. The summed E-state index contributed by atoms with van der Waals surface area (Å²) in [6.45, 7) is 4.96. The van der Waals surface area contributed by atoms with Crippen molar-refractivity contribution < 1.29 is 14.0 Å². The molecule has 2 aromatic rings. The number of rotatable bonds is 5. The van der Waals surface area contributed by atoms with Crippen LogP contribution in [0, 0.1) is 6.92 Å². The number of thioether (sulfide) groups is 1. The minimum Gasteiger partial charge on any atom is -0.459 e. The number of aryl methyl sites for hydroxylation is 1. The van der Waals surface area contributed by atoms with Gasteiger partial charge in [0, 0.05) is 20.1 Å². The van der Waals surface area contributed by atoms with Crippen LogP contribution in [0.15, 0.2) is 47.1 Å². The number of furan rings is 1. The maximum Gasteiger partial charge on any atom is 0.289 e. The third kappa shape index (κ3) is 3.58. The summed E-state index contributed by atoms with van der Waals surface area (Å²) in [6, 6.07) is 11.5. The highest BCUT2D eigenvalue weighted by Gasteiger charge is 2.38. The van der Waals surface area contributed by atoms with Gasteiger partial charge in [-0.2, -0.15) is 0 Å². The van der Waals surface area contributed by atoms with Crippen LogP contribution in [0.2, 0.25) is 0 Å². The van der Waals surface area contributed by atoms with E-state index in [1.807, 2.05) is 24.0 Å². The minimum absolute atomic E-state index is 0.00388. The average molecular weight is 358 g/mol. The quantitative estimate of drug-likeness (QED) is 0.823. The van der Waals surface area contributed by atoms with Crippen molar-refractivity contribution in [1.29, 1.82) is 0 Å². The van der Waals surface area contributed by atoms with Gasteiger partial charge in [-0.3, -0.25) is 9.59 Å². The molecule has 0 saturated carbocycles. The van der Waals surface area contributed by atoms with Crippen molar-refractivity contribution in [1.82, 2.24) is 9.80 Å². The Balaban J connectivity index is 1.72. The molecule has 3 rings (SSSR count). The maximum absolute atomic E-state index is 12.6. The largest absolute Gasteiger partial charge is 0.459 e. The number of hydrogen-bond donors (Lipinski definition) is 0. The van der Waals surface area contributed by atoms with E-state index in [9.17, 15) is 9.59 Å². The predicted octanol–water partition coefficient (Wildman–Crippen LogP) is 3.32. The minimum atomic E-state index is -0.176. The summed E-state index contributed by atoms with van der Waals surface area (Å²) in [6.07, 6.45) is 1.48. The van der Waals surface area contributed by atoms with Crippen LogP contribution in [0.1, 0.15) is 34.0 Å². The molecule has 2 atom stereocenters. The summed E-state index contributed by atoms with van der Waals surface area (Å²) in [4.78, 5) is 28.4. The molecule has 2 heterocycles. The van der Waals surface area contributed by atoms with Crippen molar-refractivity contribution in [3.05, 3.63) is 59.5 Å². The number of nitrogens with zero attached hydrogens (tertiary/aromatic N) is 2. The number of benzene rings is 1. The van der Waals surface area contributed by atoms with Gasteiger partial charge in [0.15, 0.2) is 5.76 Å². The van der Waals surface area contributed by atoms with E-state index in [4.69, 9.17) is 4.42 Å². The topological polar surface area (TPSA) is 53.8 Å². The Bertz CT molecular complexity index is 760. The Kier molecular flexibility index (Phi) is 5.18. The lowest BCUT2D eigenvalue weighted by Gasteiger charge is -2.27. The highest BCUT2D eigenvalue weighted by Crippen LogP contribution is 2.43. The molecule has 0 bridgehead atoms. The fourth-order valence-corrected chi connectivity index (χ4v) is 4.36. The van der Waals surface area contributed by atoms with Crippen molar-refractivity contribution in [2.45, 2.75) is 24.5 Å². The SMILES string of the molecule is Cc1ccccc1[C@@H]1S[C@@H](C)C(=O)N1CCN(C)C(=O)c1ccco1. The Labute approximate surface area is 152 Å². The van der Waals surface area contributed by atoms with Gasteiger partial charge in [-0.1, -0.05) is 24.3 Å². The third-order valence-corrected chi connectivity index (χ3v) is 5.83. The molecular formula is C19H22N2O3S. The van der Waals surface area contributed by atoms with Crippen LogP contribution in [-0.4, -0.2) is 47.0 Å². The molecule has 1 aliphatic rings. The smallest absolute Gasteiger partial charge is 0.289 e. The molecule has 1 aromatic carbocycles. The van der Waals surface area contributed by atoms with E-state index in [0.29, 0.717) is 18.8 Å². The monoisotopic (exact) mass is 358 g/mol. The lowest BCUT2D eigenvalue weighted by Crippen LogP contribution is -2.39. The third-order valence-electron chi connectivity index (χ3n) is 4.46. The van der Waals surface area contributed by atoms with Gasteiger partial charge in [0.25, 0.3) is 5.91 Å². The van der Waals surface area contributed by atoms with Gasteiger partial charge >= 0.3 is 0 Å². The van der Waals surface area contributed by atoms with Crippen LogP contribution >= 0.6 is 11.8 Å². The van der Waals surface area contributed by atoms with E-state index in [2.05, 4.69) is 19.1 Å². The fraction of sp³-hybridized carbons (Fsp3) is 0.368. The molecule has 0 radical (unpaired) electrons. The molecule has 0 aliphatic carbocycles. The van der Waals surface area contributed by atoms with E-state index in [1.165, 1.54) is 11.8 Å². The van der Waals surface area contributed by atoms with Crippen molar-refractivity contribution in [2.75, 3.05) is 20.1 Å². The van der Waals surface area contributed by atoms with Crippen LogP contribution in [0.4, 0.5) is 0 Å². The van der Waals surface area contributed by atoms with E-state index in [-0.39, 0.29) is 22.4 Å². The van der Waals surface area contributed by atoms with Crippen LogP contribution in [-0.2, 0) is 4.79 Å². The lowest BCUT2D eigenvalue weighted by atomic mass is 10.1. The van der Waals surface area contributed by atoms with Crippen LogP contribution in [0.3, 0.4) is 0 Å². The lowest BCUT2D eigenvalue weighted by molar-refractivity contribution is -0.129. The van der Waals surface area contributed by atoms with Crippen molar-refractivity contribution in [2.24, 2.45) is 0 Å². The molecule has 5 nitrogen and oxygen atoms in total. The fourth-order valence-electron chi connectivity index (χ4n) is 2.95. The van der Waals surface area contributed by atoms with E-state index in [1.54, 1.807) is 35.8 Å². The highest BCUT2D eigenvalue weighted by molar-refractivity contribution is 8.01. The molecule has 132 valence electrons. The second kappa shape index (κ2) is 7.35. The molecule has 2 amide bonds. The zero-order valence-electron chi connectivity index (χ0n) is 14.6. The van der Waals surface area contributed by atoms with Crippen molar-refractivity contribution in [3.8, 4) is 0 Å². The zero-order chi connectivity index (χ0) is 18.0. The molecule has 1 saturated heterocycles. The van der Waals surface area contributed by atoms with E-state index in [0.717, 1.165) is 5.56 Å². The van der Waals surface area contributed by atoms with Gasteiger partial charge in [0.2, 0.25) is 5.91 Å². The molecule has 1 aliphatic heterocycles. The van der Waals surface area contributed by atoms with Crippen LogP contribution < -0.4 is 0 Å².